The van der Waals surface area contributed by atoms with E-state index >= 15 is 0 Å². The first-order valence-electron chi connectivity index (χ1n) is 11.1. The van der Waals surface area contributed by atoms with Crippen LogP contribution in [0.5, 0.6) is 0 Å². The second-order valence-corrected chi connectivity index (χ2v) is 8.38. The highest BCUT2D eigenvalue weighted by Gasteiger charge is 2.19. The maximum Gasteiger partial charge on any atom is 0.407 e. The second-order valence-electron chi connectivity index (χ2n) is 8.38. The Bertz CT molecular complexity index is 689. The Hall–Kier alpha value is -1.63. The number of guanidine groups is 1. The third-order valence-electron chi connectivity index (χ3n) is 4.40. The summed E-state index contributed by atoms with van der Waals surface area (Å²) in [5, 5.41) is 17.8. The van der Waals surface area contributed by atoms with Gasteiger partial charge in [-0.1, -0.05) is 13.3 Å². The van der Waals surface area contributed by atoms with E-state index in [2.05, 4.69) is 38.1 Å². The second kappa shape index (κ2) is 16.1. The molecule has 0 aromatic carbocycles. The molecule has 3 N–H and O–H groups in total. The van der Waals surface area contributed by atoms with E-state index in [-0.39, 0.29) is 30.0 Å². The average molecular weight is 568 g/mol. The SMILES string of the molecule is CCCC(CNC(=NCc1nnc(C)n1C)NCCCOCC)NC(=O)OC(C)(C)C.I. The van der Waals surface area contributed by atoms with Gasteiger partial charge in [0, 0.05) is 39.4 Å². The van der Waals surface area contributed by atoms with Gasteiger partial charge in [-0.15, -0.1) is 34.2 Å². The summed E-state index contributed by atoms with van der Waals surface area (Å²) in [6.07, 6.45) is 2.22. The van der Waals surface area contributed by atoms with Crippen LogP contribution in [0.1, 0.15) is 65.5 Å². The maximum atomic E-state index is 12.2. The molecule has 0 radical (unpaired) electrons. The summed E-state index contributed by atoms with van der Waals surface area (Å²) in [7, 11) is 1.92. The van der Waals surface area contributed by atoms with Gasteiger partial charge in [0.15, 0.2) is 11.8 Å². The first kappa shape index (κ1) is 30.4. The molecule has 0 bridgehead atoms. The van der Waals surface area contributed by atoms with E-state index in [1.54, 1.807) is 0 Å². The molecule has 0 aliphatic rings. The van der Waals surface area contributed by atoms with Crippen molar-refractivity contribution in [1.29, 1.82) is 0 Å². The maximum absolute atomic E-state index is 12.2. The van der Waals surface area contributed by atoms with Crippen LogP contribution in [-0.2, 0) is 23.1 Å². The van der Waals surface area contributed by atoms with Crippen molar-refractivity contribution in [3.05, 3.63) is 11.6 Å². The topological polar surface area (TPSA) is 115 Å². The van der Waals surface area contributed by atoms with Crippen molar-refractivity contribution < 1.29 is 14.3 Å². The Labute approximate surface area is 209 Å². The molecular formula is C21H42IN7O3. The van der Waals surface area contributed by atoms with Crippen molar-refractivity contribution in [1.82, 2.24) is 30.7 Å². The molecule has 0 saturated heterocycles. The number of aromatic nitrogens is 3. The molecule has 0 saturated carbocycles. The van der Waals surface area contributed by atoms with Crippen molar-refractivity contribution in [2.45, 2.75) is 79.0 Å². The lowest BCUT2D eigenvalue weighted by Crippen LogP contribution is -2.48. The molecule has 32 heavy (non-hydrogen) atoms. The van der Waals surface area contributed by atoms with Crippen LogP contribution in [0.4, 0.5) is 4.79 Å². The summed E-state index contributed by atoms with van der Waals surface area (Å²) in [4.78, 5) is 16.8. The fourth-order valence-electron chi connectivity index (χ4n) is 2.71. The molecule has 1 heterocycles. The minimum atomic E-state index is -0.531. The predicted octanol–water partition coefficient (Wildman–Crippen LogP) is 2.90. The minimum absolute atomic E-state index is 0. The van der Waals surface area contributed by atoms with Crippen molar-refractivity contribution in [2.75, 3.05) is 26.3 Å². The molecule has 1 unspecified atom stereocenters. The number of nitrogens with one attached hydrogen (secondary N) is 3. The fourth-order valence-corrected chi connectivity index (χ4v) is 2.71. The van der Waals surface area contributed by atoms with Gasteiger partial charge >= 0.3 is 6.09 Å². The van der Waals surface area contributed by atoms with Crippen LogP contribution in [0.25, 0.3) is 0 Å². The van der Waals surface area contributed by atoms with Gasteiger partial charge in [0.05, 0.1) is 0 Å². The van der Waals surface area contributed by atoms with Gasteiger partial charge in [-0.3, -0.25) is 0 Å². The van der Waals surface area contributed by atoms with E-state index in [0.29, 0.717) is 32.3 Å². The van der Waals surface area contributed by atoms with Gasteiger partial charge in [0.1, 0.15) is 18.0 Å². The first-order valence-corrected chi connectivity index (χ1v) is 11.1. The molecule has 1 aromatic rings. The van der Waals surface area contributed by atoms with Crippen LogP contribution in [0.15, 0.2) is 4.99 Å². The molecule has 0 aliphatic carbocycles. The number of aryl methyl sites for hydroxylation is 1. The van der Waals surface area contributed by atoms with Crippen LogP contribution in [0.2, 0.25) is 0 Å². The molecule has 186 valence electrons. The number of carbonyl (C=O) groups excluding carboxylic acids is 1. The van der Waals surface area contributed by atoms with Gasteiger partial charge < -0.3 is 30.0 Å². The lowest BCUT2D eigenvalue weighted by atomic mass is 10.1. The standard InChI is InChI=1S/C21H41N7O3.HI/c1-8-11-17(25-20(29)31-21(4,5)6)14-23-19(22-12-10-13-30-9-2)24-15-18-27-26-16(3)28(18)7;/h17H,8-15H2,1-7H3,(H,25,29)(H2,22,23,24);1H. The van der Waals surface area contributed by atoms with E-state index in [4.69, 9.17) is 9.47 Å². The number of hydrogen-bond acceptors (Lipinski definition) is 6. The number of alkyl carbamates (subject to hydrolysis) is 1. The molecule has 1 rings (SSSR count). The van der Waals surface area contributed by atoms with Gasteiger partial charge in [-0.25, -0.2) is 9.79 Å². The van der Waals surface area contributed by atoms with Crippen LogP contribution < -0.4 is 16.0 Å². The highest BCUT2D eigenvalue weighted by atomic mass is 127. The molecule has 0 fully saturated rings. The van der Waals surface area contributed by atoms with Crippen LogP contribution in [0.3, 0.4) is 0 Å². The Kier molecular flexibility index (Phi) is 15.2. The Morgan fingerprint density at radius 3 is 2.50 bits per heavy atom. The largest absolute Gasteiger partial charge is 0.444 e. The van der Waals surface area contributed by atoms with E-state index < -0.39 is 11.7 Å². The normalized spacial score (nSPS) is 12.7. The van der Waals surface area contributed by atoms with Crippen molar-refractivity contribution >= 4 is 36.0 Å². The van der Waals surface area contributed by atoms with Crippen LogP contribution >= 0.6 is 24.0 Å². The van der Waals surface area contributed by atoms with Gasteiger partial charge in [0.2, 0.25) is 0 Å². The van der Waals surface area contributed by atoms with Gasteiger partial charge in [0.25, 0.3) is 0 Å². The van der Waals surface area contributed by atoms with Crippen molar-refractivity contribution in [3.8, 4) is 0 Å². The number of carbonyl (C=O) groups is 1. The average Bonchev–Trinajstić information content (AvgIpc) is 2.99. The third-order valence-corrected chi connectivity index (χ3v) is 4.40. The molecule has 10 nitrogen and oxygen atoms in total. The predicted molar refractivity (Wildman–Crippen MR) is 137 cm³/mol. The number of rotatable bonds is 12. The summed E-state index contributed by atoms with van der Waals surface area (Å²) in [6, 6.07) is -0.0765. The Morgan fingerprint density at radius 1 is 1.22 bits per heavy atom. The summed E-state index contributed by atoms with van der Waals surface area (Å²) in [6.45, 7) is 14.6. The molecule has 0 spiro atoms. The number of ether oxygens (including phenoxy) is 2. The number of aliphatic imine (C=N–C) groups is 1. The molecule has 1 aromatic heterocycles. The molecule has 0 aliphatic heterocycles. The van der Waals surface area contributed by atoms with Gasteiger partial charge in [-0.05, 0) is 47.5 Å². The first-order chi connectivity index (χ1) is 14.7. The summed E-state index contributed by atoms with van der Waals surface area (Å²) >= 11 is 0. The number of halogens is 1. The summed E-state index contributed by atoms with van der Waals surface area (Å²) in [5.74, 6) is 2.28. The van der Waals surface area contributed by atoms with E-state index in [0.717, 1.165) is 37.5 Å². The highest BCUT2D eigenvalue weighted by molar-refractivity contribution is 14.0. The molecule has 1 atom stereocenters. The zero-order valence-electron chi connectivity index (χ0n) is 20.7. The minimum Gasteiger partial charge on any atom is -0.444 e. The third kappa shape index (κ3) is 13.0. The van der Waals surface area contributed by atoms with E-state index in [1.807, 2.05) is 46.2 Å². The lowest BCUT2D eigenvalue weighted by molar-refractivity contribution is 0.0502. The van der Waals surface area contributed by atoms with Gasteiger partial charge in [-0.2, -0.15) is 0 Å². The molecular weight excluding hydrogens is 525 g/mol. The van der Waals surface area contributed by atoms with Crippen LogP contribution in [-0.4, -0.2) is 64.8 Å². The van der Waals surface area contributed by atoms with E-state index in [9.17, 15) is 4.79 Å². The molecule has 11 heteroatoms. The quantitative estimate of drug-likeness (QED) is 0.154. The summed E-state index contributed by atoms with van der Waals surface area (Å²) < 4.78 is 12.7. The van der Waals surface area contributed by atoms with Crippen molar-refractivity contribution in [3.63, 3.8) is 0 Å². The molecule has 1 amide bonds. The Balaban J connectivity index is 0.00000961. The van der Waals surface area contributed by atoms with E-state index in [1.165, 1.54) is 0 Å². The zero-order chi connectivity index (χ0) is 23.3. The monoisotopic (exact) mass is 567 g/mol. The number of nitrogens with zero attached hydrogens (tertiary/aromatic N) is 4. The zero-order valence-corrected chi connectivity index (χ0v) is 23.0. The highest BCUT2D eigenvalue weighted by Crippen LogP contribution is 2.07. The Morgan fingerprint density at radius 2 is 1.94 bits per heavy atom. The van der Waals surface area contributed by atoms with Crippen LogP contribution in [0, 0.1) is 6.92 Å². The number of amides is 1. The van der Waals surface area contributed by atoms with Crippen molar-refractivity contribution in [2.24, 2.45) is 12.0 Å². The lowest BCUT2D eigenvalue weighted by Gasteiger charge is -2.24. The smallest absolute Gasteiger partial charge is 0.407 e. The summed E-state index contributed by atoms with van der Waals surface area (Å²) in [5.41, 5.74) is -0.531. The number of hydrogen-bond donors (Lipinski definition) is 3. The fraction of sp³-hybridized carbons (Fsp3) is 0.810.